The monoisotopic (exact) mass is 731 g/mol. The van der Waals surface area contributed by atoms with E-state index in [1.54, 1.807) is 12.1 Å². The molecule has 0 atom stereocenters. The molecule has 0 saturated heterocycles. The van der Waals surface area contributed by atoms with Crippen molar-refractivity contribution >= 4 is 43.5 Å². The van der Waals surface area contributed by atoms with Crippen LogP contribution in [0, 0.1) is 0 Å². The Morgan fingerprint density at radius 2 is 0.807 bits per heavy atom. The highest BCUT2D eigenvalue weighted by Crippen LogP contribution is 2.47. The summed E-state index contributed by atoms with van der Waals surface area (Å²) in [7, 11) is 0. The van der Waals surface area contributed by atoms with E-state index >= 15 is 0 Å². The van der Waals surface area contributed by atoms with Gasteiger partial charge in [-0.15, -0.1) is 0 Å². The van der Waals surface area contributed by atoms with Crippen LogP contribution in [-0.4, -0.2) is 0 Å². The molecule has 0 N–H and O–H groups in total. The fourth-order valence-corrected chi connectivity index (χ4v) is 8.45. The number of rotatable bonds is 6. The summed E-state index contributed by atoms with van der Waals surface area (Å²) in [5.41, 5.74) is 11.9. The minimum atomic E-state index is -0.487. The molecule has 11 rings (SSSR count). The summed E-state index contributed by atoms with van der Waals surface area (Å²) >= 11 is 0. The highest BCUT2D eigenvalue weighted by Gasteiger charge is 2.21. The number of hydrogen-bond acceptors (Lipinski definition) is 1. The van der Waals surface area contributed by atoms with Crippen LogP contribution >= 0.6 is 0 Å². The lowest BCUT2D eigenvalue weighted by Gasteiger charge is -2.18. The van der Waals surface area contributed by atoms with Gasteiger partial charge >= 0.3 is 0 Å². The summed E-state index contributed by atoms with van der Waals surface area (Å²) in [4.78, 5) is 0. The molecule has 0 unspecified atom stereocenters. The third-order valence-electron chi connectivity index (χ3n) is 11.0. The van der Waals surface area contributed by atoms with Gasteiger partial charge in [-0.2, -0.15) is 0 Å². The Hall–Kier alpha value is -7.48. The molecule has 0 amide bonds. The van der Waals surface area contributed by atoms with Gasteiger partial charge in [-0.25, -0.2) is 0 Å². The molecule has 0 aliphatic heterocycles. The van der Waals surface area contributed by atoms with Gasteiger partial charge in [-0.1, -0.05) is 188 Å². The number of fused-ring (bicyclic) bond motifs is 5. The Kier molecular flexibility index (Phi) is 6.32. The van der Waals surface area contributed by atoms with Gasteiger partial charge in [0.15, 0.2) is 0 Å². The second kappa shape index (κ2) is 13.7. The van der Waals surface area contributed by atoms with Crippen molar-refractivity contribution in [2.75, 3.05) is 0 Å². The van der Waals surface area contributed by atoms with E-state index in [2.05, 4.69) is 109 Å². The maximum Gasteiger partial charge on any atom is 0.136 e. The standard InChI is InChI=1S/C56H36O/c1-4-16-37(17-5-1)42-34-43(38-18-6-2-7-19-38)36-44(35-42)45-32-33-52-56(50-26-14-15-27-51(50)57-52)55(45)41-30-28-40(29-31-41)54-48-24-12-10-22-46(48)53(39-20-8-3-9-21-39)47-23-11-13-25-49(47)54/h1-36H/i3D,8D,9D,20D,21D,22D,24D. The van der Waals surface area contributed by atoms with Gasteiger partial charge < -0.3 is 4.42 Å². The van der Waals surface area contributed by atoms with Crippen molar-refractivity contribution < 1.29 is 14.0 Å². The van der Waals surface area contributed by atoms with Crippen LogP contribution in [0.15, 0.2) is 223 Å². The normalized spacial score (nSPS) is 13.2. The van der Waals surface area contributed by atoms with Crippen LogP contribution in [0.3, 0.4) is 0 Å². The molecule has 0 aliphatic carbocycles. The summed E-state index contributed by atoms with van der Waals surface area (Å²) in [6.07, 6.45) is 0. The van der Waals surface area contributed by atoms with Crippen molar-refractivity contribution in [2.24, 2.45) is 0 Å². The quantitative estimate of drug-likeness (QED) is 0.155. The molecule has 0 aliphatic rings. The Labute approximate surface area is 341 Å². The lowest BCUT2D eigenvalue weighted by atomic mass is 9.85. The minimum absolute atomic E-state index is 0.00733. The number of para-hydroxylation sites is 1. The van der Waals surface area contributed by atoms with Gasteiger partial charge in [0, 0.05) is 16.3 Å². The van der Waals surface area contributed by atoms with E-state index in [-0.39, 0.29) is 29.7 Å². The first-order valence-corrected chi connectivity index (χ1v) is 19.0. The van der Waals surface area contributed by atoms with Crippen molar-refractivity contribution in [3.8, 4) is 66.8 Å². The molecule has 1 aromatic heterocycles. The molecule has 0 spiro atoms. The summed E-state index contributed by atoms with van der Waals surface area (Å²) < 4.78 is 68.3. The van der Waals surface area contributed by atoms with Crippen molar-refractivity contribution in [1.82, 2.24) is 0 Å². The first-order chi connectivity index (χ1) is 31.2. The van der Waals surface area contributed by atoms with E-state index in [0.29, 0.717) is 21.7 Å². The van der Waals surface area contributed by atoms with Gasteiger partial charge in [0.05, 0.1) is 9.60 Å². The summed E-state index contributed by atoms with van der Waals surface area (Å²) in [6.45, 7) is 0. The van der Waals surface area contributed by atoms with Gasteiger partial charge in [0.2, 0.25) is 0 Å². The second-order valence-corrected chi connectivity index (χ2v) is 14.2. The average Bonchev–Trinajstić information content (AvgIpc) is 3.73. The fraction of sp³-hybridized carbons (Fsp3) is 0. The van der Waals surface area contributed by atoms with E-state index in [4.69, 9.17) is 11.3 Å². The van der Waals surface area contributed by atoms with Crippen LogP contribution in [0.5, 0.6) is 0 Å². The molecule has 1 heterocycles. The number of furan rings is 1. The summed E-state index contributed by atoms with van der Waals surface area (Å²) in [6, 6.07) is 57.1. The molecule has 1 heteroatoms. The van der Waals surface area contributed by atoms with Crippen LogP contribution in [0.1, 0.15) is 9.60 Å². The van der Waals surface area contributed by atoms with Crippen molar-refractivity contribution in [1.29, 1.82) is 0 Å². The van der Waals surface area contributed by atoms with E-state index < -0.39 is 18.1 Å². The SMILES string of the molecule is [2H]c1c([2H])c([2H])c(-c2c3ccccc3c(-c3ccc(-c4c(-c5cc(-c6ccccc6)cc(-c6ccccc6)c5)ccc5oc6ccccc6c45)cc3)c3c([2H])ccc([2H])c23)c([2H])c1[2H]. The zero-order valence-electron chi connectivity index (χ0n) is 37.7. The number of benzene rings is 10. The highest BCUT2D eigenvalue weighted by atomic mass is 16.3. The van der Waals surface area contributed by atoms with Crippen molar-refractivity contribution in [3.63, 3.8) is 0 Å². The van der Waals surface area contributed by atoms with E-state index in [1.807, 2.05) is 54.6 Å². The van der Waals surface area contributed by atoms with Crippen LogP contribution in [-0.2, 0) is 0 Å². The molecule has 0 fully saturated rings. The maximum atomic E-state index is 9.33. The van der Waals surface area contributed by atoms with Crippen LogP contribution in [0.2, 0.25) is 0 Å². The maximum absolute atomic E-state index is 9.33. The predicted molar refractivity (Wildman–Crippen MR) is 241 cm³/mol. The minimum Gasteiger partial charge on any atom is -0.456 e. The zero-order chi connectivity index (χ0) is 43.8. The largest absolute Gasteiger partial charge is 0.456 e. The zero-order valence-corrected chi connectivity index (χ0v) is 30.7. The molecule has 0 saturated carbocycles. The lowest BCUT2D eigenvalue weighted by molar-refractivity contribution is 0.669. The van der Waals surface area contributed by atoms with Gasteiger partial charge in [-0.3, -0.25) is 0 Å². The van der Waals surface area contributed by atoms with Gasteiger partial charge in [-0.05, 0) is 113 Å². The molecule has 0 bridgehead atoms. The summed E-state index contributed by atoms with van der Waals surface area (Å²) in [5.74, 6) is 0. The molecule has 11 aromatic rings. The molecule has 1 nitrogen and oxygen atoms in total. The van der Waals surface area contributed by atoms with Gasteiger partial charge in [0.25, 0.3) is 0 Å². The third-order valence-corrected chi connectivity index (χ3v) is 11.0. The smallest absolute Gasteiger partial charge is 0.136 e. The first kappa shape index (κ1) is 26.3. The van der Waals surface area contributed by atoms with E-state index in [1.165, 1.54) is 0 Å². The molecule has 0 radical (unpaired) electrons. The van der Waals surface area contributed by atoms with Gasteiger partial charge in [0.1, 0.15) is 11.2 Å². The van der Waals surface area contributed by atoms with E-state index in [0.717, 1.165) is 83.0 Å². The Balaban J connectivity index is 1.17. The first-order valence-electron chi connectivity index (χ1n) is 22.5. The Morgan fingerprint density at radius 3 is 1.42 bits per heavy atom. The molecule has 266 valence electrons. The molecule has 57 heavy (non-hydrogen) atoms. The Morgan fingerprint density at radius 1 is 0.298 bits per heavy atom. The van der Waals surface area contributed by atoms with Crippen molar-refractivity contribution in [2.45, 2.75) is 0 Å². The van der Waals surface area contributed by atoms with Crippen LogP contribution in [0.25, 0.3) is 110 Å². The Bertz CT molecular complexity index is 3590. The highest BCUT2D eigenvalue weighted by molar-refractivity contribution is 6.22. The molecule has 10 aromatic carbocycles. The third kappa shape index (κ3) is 5.63. The molecular formula is C56H36O. The second-order valence-electron chi connectivity index (χ2n) is 14.2. The fourth-order valence-electron chi connectivity index (χ4n) is 8.45. The molecular weight excluding hydrogens is 689 g/mol. The van der Waals surface area contributed by atoms with Crippen LogP contribution in [0.4, 0.5) is 0 Å². The van der Waals surface area contributed by atoms with Crippen LogP contribution < -0.4 is 0 Å². The van der Waals surface area contributed by atoms with E-state index in [9.17, 15) is 2.74 Å². The van der Waals surface area contributed by atoms with Crippen molar-refractivity contribution in [3.05, 3.63) is 218 Å². The predicted octanol–water partition coefficient (Wildman–Crippen LogP) is 15.9. The average molecular weight is 732 g/mol. The number of hydrogen-bond donors (Lipinski definition) is 0. The lowest BCUT2D eigenvalue weighted by Crippen LogP contribution is -1.92. The topological polar surface area (TPSA) is 13.1 Å². The summed E-state index contributed by atoms with van der Waals surface area (Å²) in [5, 5.41) is 4.18.